The molecule has 23 heavy (non-hydrogen) atoms. The second-order valence-electron chi connectivity index (χ2n) is 5.15. The Morgan fingerprint density at radius 3 is 2.74 bits per heavy atom. The zero-order valence-corrected chi connectivity index (χ0v) is 12.8. The van der Waals surface area contributed by atoms with Crippen molar-refractivity contribution in [1.29, 1.82) is 0 Å². The molecule has 0 radical (unpaired) electrons. The Bertz CT molecular complexity index is 830. The van der Waals surface area contributed by atoms with Crippen LogP contribution in [0.1, 0.15) is 28.7 Å². The van der Waals surface area contributed by atoms with E-state index in [1.54, 1.807) is 31.4 Å². The van der Waals surface area contributed by atoms with Gasteiger partial charge in [0.1, 0.15) is 17.2 Å². The molecule has 0 aliphatic rings. The predicted octanol–water partition coefficient (Wildman–Crippen LogP) is 3.13. The summed E-state index contributed by atoms with van der Waals surface area (Å²) in [5.74, 6) is 0.247. The lowest BCUT2D eigenvalue weighted by Gasteiger charge is -1.98. The number of hydrogen-bond donors (Lipinski definition) is 2. The Morgan fingerprint density at radius 1 is 1.26 bits per heavy atom. The number of H-pyrrole nitrogens is 1. The number of aryl methyl sites for hydroxylation is 1. The average molecular weight is 308 g/mol. The van der Waals surface area contributed by atoms with Gasteiger partial charge in [-0.2, -0.15) is 10.2 Å². The molecular weight excluding hydrogens is 292 g/mol. The summed E-state index contributed by atoms with van der Waals surface area (Å²) < 4.78 is 5.20. The summed E-state index contributed by atoms with van der Waals surface area (Å²) >= 11 is 0. The fraction of sp³-hybridized carbons (Fsp3) is 0.118. The topological polar surface area (TPSA) is 83.3 Å². The van der Waals surface area contributed by atoms with E-state index < -0.39 is 0 Å². The quantitative estimate of drug-likeness (QED) is 0.573. The van der Waals surface area contributed by atoms with Crippen molar-refractivity contribution in [3.05, 3.63) is 65.7 Å². The van der Waals surface area contributed by atoms with Gasteiger partial charge in [-0.3, -0.25) is 9.89 Å². The van der Waals surface area contributed by atoms with Crippen LogP contribution in [-0.2, 0) is 0 Å². The van der Waals surface area contributed by atoms with Gasteiger partial charge in [0.2, 0.25) is 0 Å². The molecule has 0 aliphatic heterocycles. The fourth-order valence-corrected chi connectivity index (χ4v) is 2.04. The van der Waals surface area contributed by atoms with Gasteiger partial charge in [-0.05, 0) is 32.0 Å². The van der Waals surface area contributed by atoms with E-state index in [0.717, 1.165) is 5.56 Å². The number of nitrogens with zero attached hydrogens (tertiary/aromatic N) is 2. The minimum absolute atomic E-state index is 0.344. The largest absolute Gasteiger partial charge is 0.463 e. The molecular formula is C17H16N4O2. The highest BCUT2D eigenvalue weighted by atomic mass is 16.3. The van der Waals surface area contributed by atoms with Crippen LogP contribution in [0.5, 0.6) is 0 Å². The lowest BCUT2D eigenvalue weighted by Crippen LogP contribution is -2.19. The molecule has 1 amide bonds. The summed E-state index contributed by atoms with van der Waals surface area (Å²) in [4.78, 5) is 12.1. The first-order valence-electron chi connectivity index (χ1n) is 7.14. The van der Waals surface area contributed by atoms with Crippen molar-refractivity contribution in [1.82, 2.24) is 15.6 Å². The van der Waals surface area contributed by atoms with Gasteiger partial charge in [-0.1, -0.05) is 29.8 Å². The summed E-state index contributed by atoms with van der Waals surface area (Å²) in [5, 5.41) is 10.9. The standard InChI is InChI=1S/C17H16N4O2/c1-11-5-7-13(8-6-11)14-10-15(20-19-14)17(22)21-18-12(2)16-4-3-9-23-16/h3-10H,1-2H3,(H,19,20)(H,21,22). The number of rotatable bonds is 4. The van der Waals surface area contributed by atoms with E-state index in [9.17, 15) is 4.79 Å². The van der Waals surface area contributed by atoms with Crippen molar-refractivity contribution >= 4 is 11.6 Å². The summed E-state index contributed by atoms with van der Waals surface area (Å²) in [7, 11) is 0. The molecule has 116 valence electrons. The maximum absolute atomic E-state index is 12.1. The van der Waals surface area contributed by atoms with Crippen molar-refractivity contribution in [3.8, 4) is 11.3 Å². The van der Waals surface area contributed by atoms with Crippen molar-refractivity contribution in [2.75, 3.05) is 0 Å². The first-order valence-corrected chi connectivity index (χ1v) is 7.14. The third-order valence-corrected chi connectivity index (χ3v) is 3.37. The number of carbonyl (C=O) groups is 1. The number of hydrazone groups is 1. The minimum Gasteiger partial charge on any atom is -0.463 e. The average Bonchev–Trinajstić information content (AvgIpc) is 3.24. The molecule has 0 saturated carbocycles. The number of carbonyl (C=O) groups excluding carboxylic acids is 1. The van der Waals surface area contributed by atoms with Crippen LogP contribution in [0.15, 0.2) is 58.2 Å². The number of furan rings is 1. The van der Waals surface area contributed by atoms with Gasteiger partial charge in [0, 0.05) is 5.56 Å². The monoisotopic (exact) mass is 308 g/mol. The molecule has 2 aromatic heterocycles. The molecule has 6 nitrogen and oxygen atoms in total. The van der Waals surface area contributed by atoms with Gasteiger partial charge in [-0.25, -0.2) is 5.43 Å². The van der Waals surface area contributed by atoms with Crippen LogP contribution in [-0.4, -0.2) is 21.8 Å². The second-order valence-corrected chi connectivity index (χ2v) is 5.15. The molecule has 2 heterocycles. The highest BCUT2D eigenvalue weighted by Crippen LogP contribution is 2.18. The molecule has 0 aliphatic carbocycles. The number of hydrogen-bond acceptors (Lipinski definition) is 4. The lowest BCUT2D eigenvalue weighted by molar-refractivity contribution is 0.0950. The number of aromatic nitrogens is 2. The summed E-state index contributed by atoms with van der Waals surface area (Å²) in [6.45, 7) is 3.77. The maximum atomic E-state index is 12.1. The lowest BCUT2D eigenvalue weighted by atomic mass is 10.1. The third kappa shape index (κ3) is 3.37. The Balaban J connectivity index is 1.71. The first-order chi connectivity index (χ1) is 11.1. The van der Waals surface area contributed by atoms with Crippen molar-refractivity contribution in [3.63, 3.8) is 0 Å². The fourth-order valence-electron chi connectivity index (χ4n) is 2.04. The van der Waals surface area contributed by atoms with Gasteiger partial charge >= 0.3 is 0 Å². The van der Waals surface area contributed by atoms with Crippen LogP contribution in [0, 0.1) is 6.92 Å². The Labute approximate surface area is 133 Å². The number of aromatic amines is 1. The molecule has 2 N–H and O–H groups in total. The van der Waals surface area contributed by atoms with E-state index in [2.05, 4.69) is 20.7 Å². The van der Waals surface area contributed by atoms with Gasteiger partial charge in [0.25, 0.3) is 5.91 Å². The van der Waals surface area contributed by atoms with Gasteiger partial charge in [0.15, 0.2) is 0 Å². The van der Waals surface area contributed by atoms with E-state index in [1.807, 2.05) is 31.2 Å². The smallest absolute Gasteiger partial charge is 0.289 e. The Morgan fingerprint density at radius 2 is 2.04 bits per heavy atom. The first kappa shape index (κ1) is 14.8. The molecule has 0 spiro atoms. The van der Waals surface area contributed by atoms with E-state index in [1.165, 1.54) is 5.56 Å². The minimum atomic E-state index is -0.359. The predicted molar refractivity (Wildman–Crippen MR) is 87.1 cm³/mol. The van der Waals surface area contributed by atoms with Crippen molar-refractivity contribution in [2.24, 2.45) is 5.10 Å². The third-order valence-electron chi connectivity index (χ3n) is 3.37. The molecule has 0 fully saturated rings. The van der Waals surface area contributed by atoms with Crippen LogP contribution >= 0.6 is 0 Å². The van der Waals surface area contributed by atoms with Gasteiger partial charge < -0.3 is 4.42 Å². The second kappa shape index (κ2) is 6.31. The molecule has 1 aromatic carbocycles. The summed E-state index contributed by atoms with van der Waals surface area (Å²) in [6.07, 6.45) is 1.55. The Hall–Kier alpha value is -3.15. The van der Waals surface area contributed by atoms with E-state index in [-0.39, 0.29) is 5.91 Å². The van der Waals surface area contributed by atoms with Crippen LogP contribution in [0.3, 0.4) is 0 Å². The Kier molecular flexibility index (Phi) is 4.05. The summed E-state index contributed by atoms with van der Waals surface area (Å²) in [5.41, 5.74) is 6.23. The molecule has 0 atom stereocenters. The maximum Gasteiger partial charge on any atom is 0.289 e. The molecule has 0 unspecified atom stereocenters. The van der Waals surface area contributed by atoms with Crippen LogP contribution in [0.2, 0.25) is 0 Å². The number of amides is 1. The van der Waals surface area contributed by atoms with Crippen LogP contribution in [0.25, 0.3) is 11.3 Å². The highest BCUT2D eigenvalue weighted by molar-refractivity contribution is 5.98. The normalized spacial score (nSPS) is 11.5. The van der Waals surface area contributed by atoms with Crippen LogP contribution in [0.4, 0.5) is 0 Å². The molecule has 3 aromatic rings. The zero-order chi connectivity index (χ0) is 16.2. The van der Waals surface area contributed by atoms with Crippen LogP contribution < -0.4 is 5.43 Å². The van der Waals surface area contributed by atoms with E-state index >= 15 is 0 Å². The van der Waals surface area contributed by atoms with Crippen molar-refractivity contribution < 1.29 is 9.21 Å². The number of benzene rings is 1. The van der Waals surface area contributed by atoms with E-state index in [0.29, 0.717) is 22.9 Å². The zero-order valence-electron chi connectivity index (χ0n) is 12.8. The summed E-state index contributed by atoms with van der Waals surface area (Å²) in [6, 6.07) is 13.2. The van der Waals surface area contributed by atoms with E-state index in [4.69, 9.17) is 4.42 Å². The molecule has 3 rings (SSSR count). The number of nitrogens with one attached hydrogen (secondary N) is 2. The molecule has 6 heteroatoms. The SMILES string of the molecule is CC(=NNC(=O)c1cc(-c2ccc(C)cc2)n[nH]1)c1ccco1. The molecule has 0 saturated heterocycles. The van der Waals surface area contributed by atoms with Gasteiger partial charge in [0.05, 0.1) is 12.0 Å². The van der Waals surface area contributed by atoms with Crippen molar-refractivity contribution in [2.45, 2.75) is 13.8 Å². The van der Waals surface area contributed by atoms with Gasteiger partial charge in [-0.15, -0.1) is 0 Å². The molecule has 0 bridgehead atoms. The highest BCUT2D eigenvalue weighted by Gasteiger charge is 2.11.